The van der Waals surface area contributed by atoms with Crippen LogP contribution in [-0.2, 0) is 6.54 Å². The summed E-state index contributed by atoms with van der Waals surface area (Å²) >= 11 is 0. The van der Waals surface area contributed by atoms with E-state index in [1.807, 2.05) is 19.3 Å². The highest BCUT2D eigenvalue weighted by atomic mass is 15.4. The molecule has 0 bridgehead atoms. The lowest BCUT2D eigenvalue weighted by molar-refractivity contribution is 0.277. The van der Waals surface area contributed by atoms with Crippen molar-refractivity contribution in [3.8, 4) is 0 Å². The fraction of sp³-hybridized carbons (Fsp3) is 0.444. The van der Waals surface area contributed by atoms with Crippen LogP contribution in [-0.4, -0.2) is 33.9 Å². The first-order chi connectivity index (χ1) is 11.2. The first-order valence-electron chi connectivity index (χ1n) is 8.38. The van der Waals surface area contributed by atoms with Crippen molar-refractivity contribution in [3.05, 3.63) is 47.3 Å². The number of benzene rings is 1. The van der Waals surface area contributed by atoms with Crippen molar-refractivity contribution in [3.63, 3.8) is 0 Å². The van der Waals surface area contributed by atoms with Gasteiger partial charge in [0.1, 0.15) is 0 Å². The number of nitrogens with two attached hydrogens (primary N) is 1. The summed E-state index contributed by atoms with van der Waals surface area (Å²) in [5.41, 5.74) is 9.17. The molecule has 1 aromatic heterocycles. The van der Waals surface area contributed by atoms with Gasteiger partial charge in [0.05, 0.1) is 18.1 Å². The molecule has 0 radical (unpaired) electrons. The number of hydrogen-bond donors (Lipinski definition) is 1. The normalized spacial score (nSPS) is 16.7. The van der Waals surface area contributed by atoms with Gasteiger partial charge in [0.25, 0.3) is 0 Å². The minimum Gasteiger partial charge on any atom is -0.368 e. The lowest BCUT2D eigenvalue weighted by atomic mass is 10.1. The molecule has 2 aromatic rings. The summed E-state index contributed by atoms with van der Waals surface area (Å²) in [4.78, 5) is 6.72. The van der Waals surface area contributed by atoms with Crippen LogP contribution < -0.4 is 5.73 Å². The zero-order chi connectivity index (χ0) is 16.1. The largest absolute Gasteiger partial charge is 0.368 e. The number of aromatic nitrogens is 2. The van der Waals surface area contributed by atoms with Crippen molar-refractivity contribution in [1.82, 2.24) is 14.6 Å². The minimum absolute atomic E-state index is 0.420. The number of imidazole rings is 1. The van der Waals surface area contributed by atoms with E-state index in [9.17, 15) is 0 Å². The maximum atomic E-state index is 5.84. The minimum atomic E-state index is 0.420. The lowest BCUT2D eigenvalue weighted by Gasteiger charge is -2.20. The van der Waals surface area contributed by atoms with Crippen LogP contribution in [0.5, 0.6) is 0 Å². The van der Waals surface area contributed by atoms with Gasteiger partial charge in [0.15, 0.2) is 0 Å². The van der Waals surface area contributed by atoms with Crippen molar-refractivity contribution in [2.45, 2.75) is 39.2 Å². The van der Waals surface area contributed by atoms with Crippen LogP contribution in [0.25, 0.3) is 0 Å². The van der Waals surface area contributed by atoms with E-state index in [-0.39, 0.29) is 0 Å². The van der Waals surface area contributed by atoms with Gasteiger partial charge in [-0.05, 0) is 44.0 Å². The molecular formula is C18H25N5. The molecule has 1 saturated heterocycles. The third kappa shape index (κ3) is 4.20. The Hall–Kier alpha value is -2.14. The highest BCUT2D eigenvalue weighted by Crippen LogP contribution is 2.15. The molecule has 1 aliphatic rings. The molecule has 0 atom stereocenters. The van der Waals surface area contributed by atoms with Crippen LogP contribution in [0.3, 0.4) is 0 Å². The summed E-state index contributed by atoms with van der Waals surface area (Å²) < 4.78 is 1.62. The molecule has 2 heterocycles. The van der Waals surface area contributed by atoms with Crippen LogP contribution in [0.1, 0.15) is 42.5 Å². The van der Waals surface area contributed by atoms with E-state index < -0.39 is 0 Å². The molecule has 0 unspecified atom stereocenters. The number of nitrogens with zero attached hydrogens (tertiary/aromatic N) is 4. The summed E-state index contributed by atoms with van der Waals surface area (Å²) in [5.74, 6) is 0.420. The van der Waals surface area contributed by atoms with Gasteiger partial charge in [-0.3, -0.25) is 4.90 Å². The molecule has 3 rings (SSSR count). The van der Waals surface area contributed by atoms with E-state index in [0.717, 1.165) is 17.8 Å². The summed E-state index contributed by atoms with van der Waals surface area (Å²) in [6, 6.07) is 8.45. The summed E-state index contributed by atoms with van der Waals surface area (Å²) in [6.07, 6.45) is 9.05. The van der Waals surface area contributed by atoms with E-state index in [1.165, 1.54) is 44.3 Å². The van der Waals surface area contributed by atoms with Gasteiger partial charge in [0, 0.05) is 6.54 Å². The van der Waals surface area contributed by atoms with Crippen molar-refractivity contribution in [1.29, 1.82) is 0 Å². The van der Waals surface area contributed by atoms with Gasteiger partial charge in [-0.1, -0.05) is 37.1 Å². The van der Waals surface area contributed by atoms with Gasteiger partial charge < -0.3 is 5.73 Å². The Labute approximate surface area is 137 Å². The van der Waals surface area contributed by atoms with Crippen molar-refractivity contribution < 1.29 is 0 Å². The van der Waals surface area contributed by atoms with Gasteiger partial charge in [-0.2, -0.15) is 5.10 Å². The number of likely N-dealkylation sites (tertiary alicyclic amines) is 1. The second kappa shape index (κ2) is 7.42. The first kappa shape index (κ1) is 15.7. The second-order valence-corrected chi connectivity index (χ2v) is 6.22. The molecule has 1 fully saturated rings. The summed E-state index contributed by atoms with van der Waals surface area (Å²) in [7, 11) is 0. The zero-order valence-electron chi connectivity index (χ0n) is 13.8. The Morgan fingerprint density at radius 3 is 2.61 bits per heavy atom. The molecule has 0 aliphatic carbocycles. The van der Waals surface area contributed by atoms with E-state index >= 15 is 0 Å². The van der Waals surface area contributed by atoms with Gasteiger partial charge in [-0.25, -0.2) is 9.66 Å². The Bertz CT molecular complexity index is 666. The highest BCUT2D eigenvalue weighted by Gasteiger charge is 2.11. The predicted octanol–water partition coefficient (Wildman–Crippen LogP) is 3.03. The first-order valence-corrected chi connectivity index (χ1v) is 8.38. The van der Waals surface area contributed by atoms with Crippen LogP contribution in [0.4, 0.5) is 5.95 Å². The van der Waals surface area contributed by atoms with Gasteiger partial charge >= 0.3 is 0 Å². The summed E-state index contributed by atoms with van der Waals surface area (Å²) in [6.45, 7) is 5.29. The summed E-state index contributed by atoms with van der Waals surface area (Å²) in [5, 5.41) is 4.45. The van der Waals surface area contributed by atoms with Crippen LogP contribution in [0, 0.1) is 6.92 Å². The highest BCUT2D eigenvalue weighted by molar-refractivity contribution is 5.81. The lowest BCUT2D eigenvalue weighted by Crippen LogP contribution is -2.24. The van der Waals surface area contributed by atoms with Crippen LogP contribution in [0.15, 0.2) is 35.6 Å². The van der Waals surface area contributed by atoms with E-state index in [1.54, 1.807) is 4.68 Å². The molecule has 0 amide bonds. The fourth-order valence-corrected chi connectivity index (χ4v) is 3.06. The monoisotopic (exact) mass is 311 g/mol. The molecule has 2 N–H and O–H groups in total. The smallest absolute Gasteiger partial charge is 0.221 e. The predicted molar refractivity (Wildman–Crippen MR) is 94.6 cm³/mol. The molecule has 1 aliphatic heterocycles. The molecule has 0 saturated carbocycles. The average molecular weight is 311 g/mol. The van der Waals surface area contributed by atoms with Crippen LogP contribution in [0.2, 0.25) is 0 Å². The van der Waals surface area contributed by atoms with E-state index in [0.29, 0.717) is 5.95 Å². The van der Waals surface area contributed by atoms with E-state index in [2.05, 4.69) is 39.3 Å². The average Bonchev–Trinajstić information content (AvgIpc) is 2.74. The molecular weight excluding hydrogens is 286 g/mol. The van der Waals surface area contributed by atoms with Crippen molar-refractivity contribution >= 4 is 12.2 Å². The number of hydrogen-bond acceptors (Lipinski definition) is 4. The molecule has 0 spiro atoms. The molecule has 1 aromatic carbocycles. The Morgan fingerprint density at radius 1 is 1.17 bits per heavy atom. The quantitative estimate of drug-likeness (QED) is 0.883. The van der Waals surface area contributed by atoms with Crippen molar-refractivity contribution in [2.75, 3.05) is 18.8 Å². The molecule has 5 nitrogen and oxygen atoms in total. The molecule has 23 heavy (non-hydrogen) atoms. The number of nitrogen functional groups attached to an aromatic ring is 1. The van der Waals surface area contributed by atoms with Crippen LogP contribution >= 0.6 is 0 Å². The number of anilines is 1. The second-order valence-electron chi connectivity index (χ2n) is 6.22. The Kier molecular flexibility index (Phi) is 5.08. The standard InChI is InChI=1S/C18H25N5/c1-15-13-23(18(19)21-15)20-12-16-8-4-5-9-17(16)14-22-10-6-2-3-7-11-22/h4-5,8-9,12-13H,2-3,6-7,10-11,14H2,1H3,(H2,19,21). The Morgan fingerprint density at radius 2 is 1.91 bits per heavy atom. The topological polar surface area (TPSA) is 59.4 Å². The number of aryl methyl sites for hydroxylation is 1. The maximum Gasteiger partial charge on any atom is 0.221 e. The fourth-order valence-electron chi connectivity index (χ4n) is 3.06. The third-order valence-electron chi connectivity index (χ3n) is 4.30. The van der Waals surface area contributed by atoms with Gasteiger partial charge in [0.2, 0.25) is 5.95 Å². The SMILES string of the molecule is Cc1cn(N=Cc2ccccc2CN2CCCCCC2)c(N)n1. The van der Waals surface area contributed by atoms with E-state index in [4.69, 9.17) is 5.73 Å². The molecule has 5 heteroatoms. The van der Waals surface area contributed by atoms with Gasteiger partial charge in [-0.15, -0.1) is 0 Å². The number of rotatable bonds is 4. The molecule has 122 valence electrons. The maximum absolute atomic E-state index is 5.84. The Balaban J connectivity index is 1.76. The van der Waals surface area contributed by atoms with Crippen molar-refractivity contribution in [2.24, 2.45) is 5.10 Å². The third-order valence-corrected chi connectivity index (χ3v) is 4.30. The zero-order valence-corrected chi connectivity index (χ0v) is 13.8.